The number of aromatic nitrogens is 1. The lowest BCUT2D eigenvalue weighted by Gasteiger charge is -2.15. The summed E-state index contributed by atoms with van der Waals surface area (Å²) in [4.78, 5) is 29.5. The van der Waals surface area contributed by atoms with Gasteiger partial charge < -0.3 is 25.8 Å². The topological polar surface area (TPSA) is 116 Å². The number of nitrogens with two attached hydrogens (primary N) is 1. The monoisotopic (exact) mass is 420 g/mol. The third kappa shape index (κ3) is 5.80. The van der Waals surface area contributed by atoms with Crippen molar-refractivity contribution in [1.29, 1.82) is 0 Å². The van der Waals surface area contributed by atoms with Gasteiger partial charge in [0.05, 0.1) is 36.9 Å². The van der Waals surface area contributed by atoms with Gasteiger partial charge in [0.2, 0.25) is 0 Å². The fourth-order valence-corrected chi connectivity index (χ4v) is 2.78. The van der Waals surface area contributed by atoms with Gasteiger partial charge in [-0.25, -0.2) is 0 Å². The van der Waals surface area contributed by atoms with Gasteiger partial charge in [0.15, 0.2) is 0 Å². The minimum Gasteiger partial charge on any atom is -0.497 e. The van der Waals surface area contributed by atoms with Crippen LogP contribution >= 0.6 is 0 Å². The summed E-state index contributed by atoms with van der Waals surface area (Å²) >= 11 is 0. The van der Waals surface area contributed by atoms with Crippen molar-refractivity contribution in [3.05, 3.63) is 78.1 Å². The van der Waals surface area contributed by atoms with Crippen LogP contribution in [0.4, 0.5) is 11.4 Å². The van der Waals surface area contributed by atoms with E-state index in [-0.39, 0.29) is 5.91 Å². The lowest BCUT2D eigenvalue weighted by atomic mass is 10.1. The minimum absolute atomic E-state index is 0.306. The molecular weight excluding hydrogens is 396 g/mol. The maximum atomic E-state index is 13.0. The van der Waals surface area contributed by atoms with E-state index in [0.29, 0.717) is 53.6 Å². The first kappa shape index (κ1) is 21.8. The highest BCUT2D eigenvalue weighted by Gasteiger charge is 2.17. The summed E-state index contributed by atoms with van der Waals surface area (Å²) < 4.78 is 11.0. The van der Waals surface area contributed by atoms with Crippen molar-refractivity contribution in [1.82, 2.24) is 4.98 Å². The number of benzene rings is 2. The number of rotatable bonds is 9. The second-order valence-corrected chi connectivity index (χ2v) is 6.55. The summed E-state index contributed by atoms with van der Waals surface area (Å²) in [5.41, 5.74) is 7.13. The Balaban J connectivity index is 1.80. The van der Waals surface area contributed by atoms with Crippen LogP contribution in [0.3, 0.4) is 0 Å². The lowest BCUT2D eigenvalue weighted by molar-refractivity contribution is 0.101. The molecule has 8 nitrogen and oxygen atoms in total. The Morgan fingerprint density at radius 1 is 1.00 bits per heavy atom. The molecule has 4 N–H and O–H groups in total. The lowest BCUT2D eigenvalue weighted by Crippen LogP contribution is -2.18. The smallest absolute Gasteiger partial charge is 0.259 e. The quantitative estimate of drug-likeness (QED) is 0.458. The van der Waals surface area contributed by atoms with Gasteiger partial charge in [-0.05, 0) is 43.3 Å². The van der Waals surface area contributed by atoms with Gasteiger partial charge >= 0.3 is 0 Å². The zero-order valence-electron chi connectivity index (χ0n) is 17.1. The predicted molar refractivity (Wildman–Crippen MR) is 119 cm³/mol. The van der Waals surface area contributed by atoms with E-state index in [1.54, 1.807) is 48.5 Å². The molecule has 0 aliphatic carbocycles. The van der Waals surface area contributed by atoms with Crippen LogP contribution in [0.1, 0.15) is 27.1 Å². The molecule has 0 radical (unpaired) electrons. The molecule has 0 saturated carbocycles. The number of methoxy groups -OCH3 is 1. The molecule has 3 aromatic rings. The number of hydrogen-bond donors (Lipinski definition) is 3. The summed E-state index contributed by atoms with van der Waals surface area (Å²) in [5, 5.41) is 5.59. The van der Waals surface area contributed by atoms with Gasteiger partial charge in [-0.15, -0.1) is 0 Å². The summed E-state index contributed by atoms with van der Waals surface area (Å²) in [5.74, 6) is 0.249. The highest BCUT2D eigenvalue weighted by molar-refractivity contribution is 6.10. The highest BCUT2D eigenvalue weighted by Crippen LogP contribution is 2.27. The molecule has 0 fully saturated rings. The Bertz CT molecular complexity index is 1040. The zero-order chi connectivity index (χ0) is 22.1. The molecule has 1 aromatic heterocycles. The average Bonchev–Trinajstić information content (AvgIpc) is 2.81. The van der Waals surface area contributed by atoms with Gasteiger partial charge in [0, 0.05) is 17.8 Å². The second-order valence-electron chi connectivity index (χ2n) is 6.55. The van der Waals surface area contributed by atoms with Crippen molar-refractivity contribution in [2.75, 3.05) is 30.9 Å². The molecule has 2 amide bonds. The minimum atomic E-state index is -0.396. The van der Waals surface area contributed by atoms with E-state index >= 15 is 0 Å². The summed E-state index contributed by atoms with van der Waals surface area (Å²) in [7, 11) is 1.54. The molecule has 8 heteroatoms. The van der Waals surface area contributed by atoms with Crippen LogP contribution in [0.5, 0.6) is 11.5 Å². The number of ether oxygens (including phenoxy) is 2. The van der Waals surface area contributed by atoms with Crippen molar-refractivity contribution in [2.24, 2.45) is 5.73 Å². The SMILES string of the molecule is COc1ccc(C(=O)Nc2ccncc2NC(=O)c2ccccc2)c(OCCCN)c1. The van der Waals surface area contributed by atoms with Crippen molar-refractivity contribution in [3.63, 3.8) is 0 Å². The van der Waals surface area contributed by atoms with Gasteiger partial charge in [-0.3, -0.25) is 14.6 Å². The van der Waals surface area contributed by atoms with Crippen molar-refractivity contribution >= 4 is 23.2 Å². The first-order valence-electron chi connectivity index (χ1n) is 9.75. The molecule has 0 aliphatic heterocycles. The van der Waals surface area contributed by atoms with Crippen LogP contribution in [0.25, 0.3) is 0 Å². The van der Waals surface area contributed by atoms with Crippen molar-refractivity contribution in [3.8, 4) is 11.5 Å². The molecule has 0 saturated heterocycles. The maximum Gasteiger partial charge on any atom is 0.259 e. The molecule has 1 heterocycles. The Kier molecular flexibility index (Phi) is 7.56. The first-order chi connectivity index (χ1) is 15.1. The van der Waals surface area contributed by atoms with Gasteiger partial charge in [-0.1, -0.05) is 18.2 Å². The van der Waals surface area contributed by atoms with E-state index in [4.69, 9.17) is 15.2 Å². The van der Waals surface area contributed by atoms with Crippen LogP contribution in [-0.2, 0) is 0 Å². The molecule has 0 unspecified atom stereocenters. The van der Waals surface area contributed by atoms with Crippen molar-refractivity contribution in [2.45, 2.75) is 6.42 Å². The average molecular weight is 420 g/mol. The van der Waals surface area contributed by atoms with E-state index in [1.165, 1.54) is 19.5 Å². The van der Waals surface area contributed by atoms with Gasteiger partial charge in [0.1, 0.15) is 11.5 Å². The van der Waals surface area contributed by atoms with Crippen LogP contribution in [0.2, 0.25) is 0 Å². The van der Waals surface area contributed by atoms with Crippen LogP contribution < -0.4 is 25.8 Å². The standard InChI is InChI=1S/C23H24N4O4/c1-30-17-8-9-18(21(14-17)31-13-5-11-24)23(29)26-19-10-12-25-15-20(19)27-22(28)16-6-3-2-4-7-16/h2-4,6-10,12,14-15H,5,11,13,24H2,1H3,(H,27,28)(H,25,26,29). The second kappa shape index (κ2) is 10.7. The largest absolute Gasteiger partial charge is 0.497 e. The van der Waals surface area contributed by atoms with E-state index < -0.39 is 5.91 Å². The van der Waals surface area contributed by atoms with E-state index in [9.17, 15) is 9.59 Å². The normalized spacial score (nSPS) is 10.3. The van der Waals surface area contributed by atoms with Crippen LogP contribution in [0.15, 0.2) is 67.0 Å². The van der Waals surface area contributed by atoms with E-state index in [0.717, 1.165) is 0 Å². The van der Waals surface area contributed by atoms with Gasteiger partial charge in [-0.2, -0.15) is 0 Å². The van der Waals surface area contributed by atoms with Crippen LogP contribution in [-0.4, -0.2) is 37.1 Å². The molecule has 0 aliphatic rings. The summed E-state index contributed by atoms with van der Waals surface area (Å²) in [6.07, 6.45) is 3.65. The first-order valence-corrected chi connectivity index (χ1v) is 9.75. The number of nitrogens with zero attached hydrogens (tertiary/aromatic N) is 1. The number of amides is 2. The zero-order valence-corrected chi connectivity index (χ0v) is 17.1. The Hall–Kier alpha value is -3.91. The number of pyridine rings is 1. The molecule has 2 aromatic carbocycles. The van der Waals surface area contributed by atoms with E-state index in [1.807, 2.05) is 6.07 Å². The third-order valence-corrected chi connectivity index (χ3v) is 4.39. The molecule has 0 atom stereocenters. The molecule has 160 valence electrons. The van der Waals surface area contributed by atoms with Crippen molar-refractivity contribution < 1.29 is 19.1 Å². The number of carbonyl (C=O) groups is 2. The Morgan fingerprint density at radius 2 is 1.77 bits per heavy atom. The predicted octanol–water partition coefficient (Wildman–Crippen LogP) is 3.32. The number of carbonyl (C=O) groups excluding carboxylic acids is 2. The summed E-state index contributed by atoms with van der Waals surface area (Å²) in [6.45, 7) is 0.852. The number of anilines is 2. The maximum absolute atomic E-state index is 13.0. The molecule has 3 rings (SSSR count). The number of hydrogen-bond acceptors (Lipinski definition) is 6. The highest BCUT2D eigenvalue weighted by atomic mass is 16.5. The molecule has 0 spiro atoms. The van der Waals surface area contributed by atoms with Gasteiger partial charge in [0.25, 0.3) is 11.8 Å². The fourth-order valence-electron chi connectivity index (χ4n) is 2.78. The third-order valence-electron chi connectivity index (χ3n) is 4.39. The fraction of sp³-hybridized carbons (Fsp3) is 0.174. The molecule has 0 bridgehead atoms. The Labute approximate surface area is 180 Å². The Morgan fingerprint density at radius 3 is 2.52 bits per heavy atom. The van der Waals surface area contributed by atoms with E-state index in [2.05, 4.69) is 15.6 Å². The molecule has 31 heavy (non-hydrogen) atoms. The number of nitrogens with one attached hydrogen (secondary N) is 2. The summed E-state index contributed by atoms with van der Waals surface area (Å²) in [6, 6.07) is 15.3. The molecular formula is C23H24N4O4. The van der Waals surface area contributed by atoms with Crippen LogP contribution in [0, 0.1) is 0 Å².